The molecule has 0 atom stereocenters. The average molecular weight is 844 g/mol. The van der Waals surface area contributed by atoms with Gasteiger partial charge in [0.2, 0.25) is 5.95 Å². The molecule has 8 heteroatoms. The van der Waals surface area contributed by atoms with E-state index in [2.05, 4.69) is 153 Å². The van der Waals surface area contributed by atoms with Crippen molar-refractivity contribution in [2.24, 2.45) is 0 Å². The Morgan fingerprint density at radius 1 is 0.379 bits per heavy atom. The summed E-state index contributed by atoms with van der Waals surface area (Å²) in [4.78, 5) is 15.3. The highest BCUT2D eigenvalue weighted by Crippen LogP contribution is 2.44. The van der Waals surface area contributed by atoms with Crippen molar-refractivity contribution < 1.29 is 4.42 Å². The summed E-state index contributed by atoms with van der Waals surface area (Å²) in [5, 5.41) is 19.8. The van der Waals surface area contributed by atoms with E-state index in [0.29, 0.717) is 28.7 Å². The van der Waals surface area contributed by atoms with Gasteiger partial charge in [-0.3, -0.25) is 4.57 Å². The number of aromatic nitrogens is 6. The Morgan fingerprint density at radius 2 is 0.955 bits per heavy atom. The van der Waals surface area contributed by atoms with Gasteiger partial charge in [-0.15, -0.1) is 0 Å². The zero-order chi connectivity index (χ0) is 43.5. The fourth-order valence-electron chi connectivity index (χ4n) is 10.3. The van der Waals surface area contributed by atoms with Crippen LogP contribution in [0.25, 0.3) is 127 Å². The van der Waals surface area contributed by atoms with E-state index in [4.69, 9.17) is 19.4 Å². The summed E-state index contributed by atoms with van der Waals surface area (Å²) in [5.41, 5.74) is 11.7. The lowest BCUT2D eigenvalue weighted by atomic mass is 10.0. The van der Waals surface area contributed by atoms with Crippen molar-refractivity contribution in [2.45, 2.75) is 0 Å². The van der Waals surface area contributed by atoms with Crippen LogP contribution in [0.3, 0.4) is 0 Å². The van der Waals surface area contributed by atoms with Gasteiger partial charge in [-0.1, -0.05) is 121 Å². The largest absolute Gasteiger partial charge is 0.456 e. The molecule has 0 amide bonds. The lowest BCUT2D eigenvalue weighted by molar-refractivity contribution is 0.669. The first-order valence-electron chi connectivity index (χ1n) is 21.9. The second-order valence-electron chi connectivity index (χ2n) is 16.7. The lowest BCUT2D eigenvalue weighted by Gasteiger charge is -2.13. The molecule has 0 radical (unpaired) electrons. The number of hydrogen-bond acceptors (Lipinski definition) is 5. The Labute approximate surface area is 376 Å². The average Bonchev–Trinajstić information content (AvgIpc) is 4.12. The van der Waals surface area contributed by atoms with Crippen LogP contribution < -0.4 is 0 Å². The third-order valence-electron chi connectivity index (χ3n) is 13.1. The summed E-state index contributed by atoms with van der Waals surface area (Å²) < 4.78 is 13.4. The Bertz CT molecular complexity index is 4310. The minimum absolute atomic E-state index is 0.470. The standard InChI is InChI=1S/C58H33N7O/c59-34-37-31-36(57-60-56(35-15-3-1-4-16-35)61-58(62-57)65-47-24-12-7-19-39(47)40-20-8-13-25-48(40)65)27-28-45(37)64-49-26-14-10-22-42(49)54-50(64)29-30-52-55(54)44-32-43-41-21-9-11-23-46(41)63(38-17-5-2-6-18-38)51(43)33-53(44)66-52/h1-33H. The maximum absolute atomic E-state index is 11.0. The minimum atomic E-state index is 0.470. The third-order valence-corrected chi connectivity index (χ3v) is 13.1. The van der Waals surface area contributed by atoms with Gasteiger partial charge in [-0.2, -0.15) is 15.2 Å². The molecule has 9 aromatic carbocycles. The summed E-state index contributed by atoms with van der Waals surface area (Å²) in [6.45, 7) is 0. The van der Waals surface area contributed by atoms with Gasteiger partial charge < -0.3 is 13.6 Å². The van der Waals surface area contributed by atoms with Gasteiger partial charge in [-0.05, 0) is 72.8 Å². The molecule has 14 aromatic rings. The lowest BCUT2D eigenvalue weighted by Crippen LogP contribution is -2.06. The first-order chi connectivity index (χ1) is 32.7. The monoisotopic (exact) mass is 843 g/mol. The van der Waals surface area contributed by atoms with Gasteiger partial charge in [0.15, 0.2) is 11.6 Å². The number of nitriles is 1. The van der Waals surface area contributed by atoms with E-state index in [0.717, 1.165) is 98.9 Å². The molecule has 0 aliphatic carbocycles. The number of rotatable bonds is 5. The van der Waals surface area contributed by atoms with Gasteiger partial charge in [0, 0.05) is 66.0 Å². The molecule has 0 spiro atoms. The Kier molecular flexibility index (Phi) is 7.59. The fourth-order valence-corrected chi connectivity index (χ4v) is 10.3. The summed E-state index contributed by atoms with van der Waals surface area (Å²) >= 11 is 0. The van der Waals surface area contributed by atoms with Crippen LogP contribution in [0.4, 0.5) is 0 Å². The van der Waals surface area contributed by atoms with Crippen LogP contribution in [-0.2, 0) is 0 Å². The van der Waals surface area contributed by atoms with Crippen molar-refractivity contribution in [1.82, 2.24) is 28.7 Å². The highest BCUT2D eigenvalue weighted by atomic mass is 16.3. The SMILES string of the molecule is N#Cc1cc(-c2nc(-c3ccccc3)nc(-n3c4ccccc4c4ccccc43)n2)ccc1-n1c2ccccc2c2c3c(ccc21)oc1cc2c(cc13)c1ccccc1n2-c1ccccc1. The number of para-hydroxylation sites is 5. The van der Waals surface area contributed by atoms with Crippen molar-refractivity contribution in [1.29, 1.82) is 5.26 Å². The summed E-state index contributed by atoms with van der Waals surface area (Å²) in [6.07, 6.45) is 0. The van der Waals surface area contributed by atoms with Crippen LogP contribution >= 0.6 is 0 Å². The van der Waals surface area contributed by atoms with Crippen molar-refractivity contribution in [3.05, 3.63) is 206 Å². The van der Waals surface area contributed by atoms with E-state index in [1.165, 1.54) is 5.39 Å². The zero-order valence-corrected chi connectivity index (χ0v) is 35.1. The van der Waals surface area contributed by atoms with Crippen LogP contribution in [0.2, 0.25) is 0 Å². The van der Waals surface area contributed by atoms with Crippen LogP contribution in [0.5, 0.6) is 0 Å². The summed E-state index contributed by atoms with van der Waals surface area (Å²) in [5.74, 6) is 1.51. The maximum atomic E-state index is 11.0. The van der Waals surface area contributed by atoms with Crippen molar-refractivity contribution >= 4 is 87.4 Å². The molecule has 0 bridgehead atoms. The molecule has 306 valence electrons. The number of hydrogen-bond donors (Lipinski definition) is 0. The molecule has 0 unspecified atom stereocenters. The van der Waals surface area contributed by atoms with E-state index in [9.17, 15) is 5.26 Å². The molecule has 0 N–H and O–H groups in total. The molecule has 0 fully saturated rings. The van der Waals surface area contributed by atoms with Crippen LogP contribution in [-0.4, -0.2) is 28.7 Å². The van der Waals surface area contributed by atoms with Crippen LogP contribution in [0.15, 0.2) is 205 Å². The van der Waals surface area contributed by atoms with Crippen LogP contribution in [0.1, 0.15) is 5.56 Å². The molecular formula is C58H33N7O. The normalized spacial score (nSPS) is 11.9. The van der Waals surface area contributed by atoms with E-state index in [1.54, 1.807) is 0 Å². The van der Waals surface area contributed by atoms with Gasteiger partial charge in [0.05, 0.1) is 44.4 Å². The Hall–Kier alpha value is -9.32. The zero-order valence-electron chi connectivity index (χ0n) is 35.1. The first-order valence-corrected chi connectivity index (χ1v) is 21.9. The van der Waals surface area contributed by atoms with Gasteiger partial charge in [-0.25, -0.2) is 4.98 Å². The highest BCUT2D eigenvalue weighted by Gasteiger charge is 2.24. The molecule has 0 saturated carbocycles. The summed E-state index contributed by atoms with van der Waals surface area (Å²) in [7, 11) is 0. The van der Waals surface area contributed by atoms with E-state index < -0.39 is 0 Å². The number of fused-ring (bicyclic) bond motifs is 13. The molecule has 0 aliphatic rings. The van der Waals surface area contributed by atoms with Crippen molar-refractivity contribution in [3.63, 3.8) is 0 Å². The van der Waals surface area contributed by atoms with E-state index >= 15 is 0 Å². The number of nitrogens with zero attached hydrogens (tertiary/aromatic N) is 7. The molecule has 66 heavy (non-hydrogen) atoms. The predicted molar refractivity (Wildman–Crippen MR) is 266 cm³/mol. The molecule has 8 nitrogen and oxygen atoms in total. The van der Waals surface area contributed by atoms with Gasteiger partial charge in [0.1, 0.15) is 17.2 Å². The van der Waals surface area contributed by atoms with Crippen LogP contribution in [0, 0.1) is 11.3 Å². The highest BCUT2D eigenvalue weighted by molar-refractivity contribution is 6.29. The molecule has 5 heterocycles. The maximum Gasteiger partial charge on any atom is 0.238 e. The first kappa shape index (κ1) is 36.2. The fraction of sp³-hybridized carbons (Fsp3) is 0. The third kappa shape index (κ3) is 5.16. The van der Waals surface area contributed by atoms with E-state index in [1.807, 2.05) is 66.7 Å². The number of furan rings is 1. The molecule has 0 saturated heterocycles. The topological polar surface area (TPSA) is 90.4 Å². The Morgan fingerprint density at radius 3 is 1.64 bits per heavy atom. The van der Waals surface area contributed by atoms with Crippen molar-refractivity contribution in [3.8, 4) is 46.2 Å². The predicted octanol–water partition coefficient (Wildman–Crippen LogP) is 14.3. The second-order valence-corrected chi connectivity index (χ2v) is 16.7. The second kappa shape index (κ2) is 13.8. The number of benzene rings is 9. The van der Waals surface area contributed by atoms with Gasteiger partial charge >= 0.3 is 0 Å². The Balaban J connectivity index is 0.979. The van der Waals surface area contributed by atoms with Crippen molar-refractivity contribution in [2.75, 3.05) is 0 Å². The van der Waals surface area contributed by atoms with E-state index in [-0.39, 0.29) is 0 Å². The minimum Gasteiger partial charge on any atom is -0.456 e. The smallest absolute Gasteiger partial charge is 0.238 e. The molecule has 14 rings (SSSR count). The summed E-state index contributed by atoms with van der Waals surface area (Å²) in [6, 6.07) is 71.2. The van der Waals surface area contributed by atoms with Gasteiger partial charge in [0.25, 0.3) is 0 Å². The molecular weight excluding hydrogens is 811 g/mol. The molecule has 5 aromatic heterocycles. The quantitative estimate of drug-likeness (QED) is 0.172. The molecule has 0 aliphatic heterocycles.